The van der Waals surface area contributed by atoms with Crippen LogP contribution in [0.1, 0.15) is 10.4 Å². The minimum atomic E-state index is -0.514. The molecule has 0 aliphatic carbocycles. The van der Waals surface area contributed by atoms with Gasteiger partial charge in [-0.1, -0.05) is 11.6 Å². The highest BCUT2D eigenvalue weighted by Gasteiger charge is 2.08. The maximum absolute atomic E-state index is 11.2. The Bertz CT molecular complexity index is 421. The molecule has 16 heavy (non-hydrogen) atoms. The van der Waals surface area contributed by atoms with Gasteiger partial charge in [0.15, 0.2) is 0 Å². The topological polar surface area (TPSA) is 81.4 Å². The van der Waals surface area contributed by atoms with Crippen molar-refractivity contribution in [3.05, 3.63) is 28.8 Å². The number of rotatable bonds is 4. The van der Waals surface area contributed by atoms with Crippen LogP contribution in [0.15, 0.2) is 18.2 Å². The highest BCUT2D eigenvalue weighted by molar-refractivity contribution is 6.33. The summed E-state index contributed by atoms with van der Waals surface area (Å²) in [5.41, 5.74) is 5.79. The zero-order chi connectivity index (χ0) is 12.1. The van der Waals surface area contributed by atoms with Crippen LogP contribution in [0.2, 0.25) is 5.02 Å². The standard InChI is InChI=1S/C10H11ClN2O3/c1-16-10(15)6-2-3-7(11)8(4-6)13-5-9(12)14/h2-4,13H,5H2,1H3,(H2,12,14). The van der Waals surface area contributed by atoms with Gasteiger partial charge in [-0.15, -0.1) is 0 Å². The fourth-order valence-corrected chi connectivity index (χ4v) is 1.27. The number of methoxy groups -OCH3 is 1. The zero-order valence-electron chi connectivity index (χ0n) is 8.62. The van der Waals surface area contributed by atoms with E-state index >= 15 is 0 Å². The van der Waals surface area contributed by atoms with Crippen LogP contribution in [0.5, 0.6) is 0 Å². The van der Waals surface area contributed by atoms with Crippen LogP contribution in [-0.2, 0) is 9.53 Å². The Labute approximate surface area is 97.5 Å². The lowest BCUT2D eigenvalue weighted by molar-refractivity contribution is -0.116. The summed E-state index contributed by atoms with van der Waals surface area (Å²) in [5, 5.41) is 3.11. The fourth-order valence-electron chi connectivity index (χ4n) is 1.09. The van der Waals surface area contributed by atoms with Crippen molar-refractivity contribution in [2.75, 3.05) is 19.0 Å². The molecular weight excluding hydrogens is 232 g/mol. The SMILES string of the molecule is COC(=O)c1ccc(Cl)c(NCC(N)=O)c1. The van der Waals surface area contributed by atoms with Crippen molar-refractivity contribution < 1.29 is 14.3 Å². The van der Waals surface area contributed by atoms with Crippen molar-refractivity contribution in [3.8, 4) is 0 Å². The number of halogens is 1. The lowest BCUT2D eigenvalue weighted by atomic mass is 10.2. The summed E-state index contributed by atoms with van der Waals surface area (Å²) >= 11 is 5.86. The van der Waals surface area contributed by atoms with Gasteiger partial charge < -0.3 is 15.8 Å². The van der Waals surface area contributed by atoms with Crippen molar-refractivity contribution in [2.24, 2.45) is 5.73 Å². The van der Waals surface area contributed by atoms with E-state index in [1.807, 2.05) is 0 Å². The molecule has 3 N–H and O–H groups in total. The molecule has 0 fully saturated rings. The average molecular weight is 243 g/mol. The van der Waals surface area contributed by atoms with Crippen LogP contribution in [-0.4, -0.2) is 25.5 Å². The normalized spacial score (nSPS) is 9.62. The minimum Gasteiger partial charge on any atom is -0.465 e. The van der Waals surface area contributed by atoms with E-state index in [1.165, 1.54) is 25.3 Å². The van der Waals surface area contributed by atoms with E-state index in [9.17, 15) is 9.59 Å². The van der Waals surface area contributed by atoms with E-state index in [0.29, 0.717) is 16.3 Å². The quantitative estimate of drug-likeness (QED) is 0.773. The van der Waals surface area contributed by atoms with Crippen molar-refractivity contribution >= 4 is 29.2 Å². The summed E-state index contributed by atoms with van der Waals surface area (Å²) in [5.74, 6) is -0.988. The number of carbonyl (C=O) groups excluding carboxylic acids is 2. The first kappa shape index (κ1) is 12.3. The number of nitrogens with one attached hydrogen (secondary N) is 1. The van der Waals surface area contributed by atoms with E-state index in [0.717, 1.165) is 0 Å². The van der Waals surface area contributed by atoms with Crippen LogP contribution >= 0.6 is 11.6 Å². The van der Waals surface area contributed by atoms with Gasteiger partial charge in [0.05, 0.1) is 29.9 Å². The third-order valence-corrected chi connectivity index (χ3v) is 2.17. The third-order valence-electron chi connectivity index (χ3n) is 1.84. The molecular formula is C10H11ClN2O3. The predicted molar refractivity (Wildman–Crippen MR) is 60.5 cm³/mol. The molecule has 5 nitrogen and oxygen atoms in total. The number of carbonyl (C=O) groups is 2. The van der Waals surface area contributed by atoms with Crippen LogP contribution in [0.25, 0.3) is 0 Å². The smallest absolute Gasteiger partial charge is 0.337 e. The molecule has 1 rings (SSSR count). The molecule has 0 heterocycles. The van der Waals surface area contributed by atoms with E-state index in [2.05, 4.69) is 10.1 Å². The number of ether oxygens (including phenoxy) is 1. The molecule has 1 aromatic carbocycles. The Morgan fingerprint density at radius 2 is 2.19 bits per heavy atom. The van der Waals surface area contributed by atoms with Crippen LogP contribution in [0.4, 0.5) is 5.69 Å². The van der Waals surface area contributed by atoms with Gasteiger partial charge in [-0.25, -0.2) is 4.79 Å². The molecule has 0 aromatic heterocycles. The van der Waals surface area contributed by atoms with Crippen LogP contribution in [0.3, 0.4) is 0 Å². The summed E-state index contributed by atoms with van der Waals surface area (Å²) in [4.78, 5) is 21.8. The van der Waals surface area contributed by atoms with Gasteiger partial charge in [-0.05, 0) is 18.2 Å². The first-order valence-electron chi connectivity index (χ1n) is 4.44. The van der Waals surface area contributed by atoms with Crippen LogP contribution in [0, 0.1) is 0 Å². The number of hydrogen-bond acceptors (Lipinski definition) is 4. The number of primary amides is 1. The Hall–Kier alpha value is -1.75. The number of benzene rings is 1. The monoisotopic (exact) mass is 242 g/mol. The summed E-state index contributed by atoms with van der Waals surface area (Å²) in [6, 6.07) is 4.57. The van der Waals surface area contributed by atoms with Crippen LogP contribution < -0.4 is 11.1 Å². The minimum absolute atomic E-state index is 0.0512. The van der Waals surface area contributed by atoms with Gasteiger partial charge in [-0.2, -0.15) is 0 Å². The number of amides is 1. The highest BCUT2D eigenvalue weighted by Crippen LogP contribution is 2.23. The van der Waals surface area contributed by atoms with Crippen molar-refractivity contribution in [1.82, 2.24) is 0 Å². The Balaban J connectivity index is 2.90. The van der Waals surface area contributed by atoms with Gasteiger partial charge in [0.1, 0.15) is 0 Å². The average Bonchev–Trinajstić information content (AvgIpc) is 2.26. The molecule has 0 aliphatic rings. The van der Waals surface area contributed by atoms with Gasteiger partial charge >= 0.3 is 5.97 Å². The van der Waals surface area contributed by atoms with E-state index in [1.54, 1.807) is 0 Å². The summed E-state index contributed by atoms with van der Waals surface area (Å²) < 4.78 is 4.56. The number of esters is 1. The molecule has 0 spiro atoms. The third kappa shape index (κ3) is 3.13. The Morgan fingerprint density at radius 3 is 2.75 bits per heavy atom. The van der Waals surface area contributed by atoms with E-state index in [4.69, 9.17) is 17.3 Å². The second-order valence-corrected chi connectivity index (χ2v) is 3.41. The van der Waals surface area contributed by atoms with Crippen molar-refractivity contribution in [2.45, 2.75) is 0 Å². The first-order valence-corrected chi connectivity index (χ1v) is 4.82. The number of anilines is 1. The first-order chi connectivity index (χ1) is 7.54. The second-order valence-electron chi connectivity index (χ2n) is 3.01. The zero-order valence-corrected chi connectivity index (χ0v) is 9.38. The fraction of sp³-hybridized carbons (Fsp3) is 0.200. The van der Waals surface area contributed by atoms with Crippen molar-refractivity contribution in [1.29, 1.82) is 0 Å². The lowest BCUT2D eigenvalue weighted by Crippen LogP contribution is -2.22. The lowest BCUT2D eigenvalue weighted by Gasteiger charge is -2.08. The Kier molecular flexibility index (Phi) is 4.13. The summed E-state index contributed by atoms with van der Waals surface area (Å²) in [6.07, 6.45) is 0. The maximum Gasteiger partial charge on any atom is 0.337 e. The van der Waals surface area contributed by atoms with Crippen molar-refractivity contribution in [3.63, 3.8) is 0 Å². The molecule has 0 atom stereocenters. The summed E-state index contributed by atoms with van der Waals surface area (Å²) in [7, 11) is 1.29. The van der Waals surface area contributed by atoms with Gasteiger partial charge in [0, 0.05) is 0 Å². The van der Waals surface area contributed by atoms with E-state index < -0.39 is 11.9 Å². The Morgan fingerprint density at radius 1 is 1.50 bits per heavy atom. The second kappa shape index (κ2) is 5.37. The number of nitrogens with two attached hydrogens (primary N) is 1. The van der Waals surface area contributed by atoms with E-state index in [-0.39, 0.29) is 6.54 Å². The molecule has 0 aliphatic heterocycles. The van der Waals surface area contributed by atoms with Gasteiger partial charge in [0.2, 0.25) is 5.91 Å². The molecule has 1 amide bonds. The highest BCUT2D eigenvalue weighted by atomic mass is 35.5. The largest absolute Gasteiger partial charge is 0.465 e. The molecule has 0 saturated carbocycles. The molecule has 86 valence electrons. The molecule has 0 radical (unpaired) electrons. The molecule has 1 aromatic rings. The molecule has 0 unspecified atom stereocenters. The van der Waals surface area contributed by atoms with Gasteiger partial charge in [0.25, 0.3) is 0 Å². The molecule has 0 bridgehead atoms. The number of hydrogen-bond donors (Lipinski definition) is 2. The predicted octanol–water partition coefficient (Wildman–Crippen LogP) is 1.02. The maximum atomic E-state index is 11.2. The molecule has 0 saturated heterocycles. The summed E-state index contributed by atoms with van der Waals surface area (Å²) in [6.45, 7) is -0.0512. The molecule has 6 heteroatoms. The van der Waals surface area contributed by atoms with Gasteiger partial charge in [-0.3, -0.25) is 4.79 Å².